The molecule has 1 saturated carbocycles. The summed E-state index contributed by atoms with van der Waals surface area (Å²) in [6, 6.07) is 14.4. The minimum Gasteiger partial charge on any atom is -0.480 e. The fraction of sp³-hybridized carbons (Fsp3) is 0.536. The highest BCUT2D eigenvalue weighted by Gasteiger charge is 2.37. The molecule has 2 aromatic rings. The minimum absolute atomic E-state index is 0.0222. The molecule has 3 aliphatic rings. The maximum absolute atomic E-state index is 13.9. The summed E-state index contributed by atoms with van der Waals surface area (Å²) in [6.45, 7) is 3.18. The number of fused-ring (bicyclic) bond motifs is 1. The van der Waals surface area contributed by atoms with Crippen molar-refractivity contribution < 1.29 is 14.1 Å². The largest absolute Gasteiger partial charge is 0.480 e. The minimum atomic E-state index is -1.16. The van der Waals surface area contributed by atoms with E-state index in [1.807, 2.05) is 18.2 Å². The number of carbonyl (C=O) groups is 1. The van der Waals surface area contributed by atoms with Crippen molar-refractivity contribution in [2.45, 2.75) is 67.3 Å². The molecule has 2 aromatic carbocycles. The summed E-state index contributed by atoms with van der Waals surface area (Å²) in [4.78, 5) is 14.7. The molecular weight excluding hydrogens is 498 g/mol. The van der Waals surface area contributed by atoms with E-state index in [4.69, 9.17) is 11.6 Å². The molecule has 2 aliphatic heterocycles. The van der Waals surface area contributed by atoms with E-state index >= 15 is 0 Å². The van der Waals surface area contributed by atoms with Crippen LogP contribution in [-0.2, 0) is 15.6 Å². The predicted octanol–water partition coefficient (Wildman–Crippen LogP) is 7.45. The number of hydrogen-bond donors (Lipinski definition) is 1. The van der Waals surface area contributed by atoms with Crippen LogP contribution >= 0.6 is 23.4 Å². The van der Waals surface area contributed by atoms with Crippen molar-refractivity contribution in [3.63, 3.8) is 0 Å². The summed E-state index contributed by atoms with van der Waals surface area (Å²) in [7, 11) is -1.16. The SMILES string of the molecule is CC1CS(=O)c2cc(C3CCC(C(=O)O)S3)c(Cl)cc2N(c2ccccc2)C[C@H]1C1CCCCC1. The van der Waals surface area contributed by atoms with E-state index in [-0.39, 0.29) is 5.25 Å². The molecule has 188 valence electrons. The normalized spacial score (nSPS) is 29.9. The van der Waals surface area contributed by atoms with Gasteiger partial charge in [0.1, 0.15) is 5.25 Å². The average Bonchev–Trinajstić information content (AvgIpc) is 3.35. The number of nitrogens with zero attached hydrogens (tertiary/aromatic N) is 1. The van der Waals surface area contributed by atoms with Crippen LogP contribution in [0.1, 0.15) is 62.7 Å². The third-order valence-corrected chi connectivity index (χ3v) is 11.7. The van der Waals surface area contributed by atoms with E-state index < -0.39 is 22.0 Å². The molecule has 1 saturated heterocycles. The van der Waals surface area contributed by atoms with Crippen LogP contribution in [0.5, 0.6) is 0 Å². The van der Waals surface area contributed by atoms with Crippen molar-refractivity contribution in [2.75, 3.05) is 17.2 Å². The Balaban J connectivity index is 1.57. The highest BCUT2D eigenvalue weighted by atomic mass is 35.5. The van der Waals surface area contributed by atoms with Gasteiger partial charge in [0.05, 0.1) is 21.4 Å². The topological polar surface area (TPSA) is 57.6 Å². The maximum Gasteiger partial charge on any atom is 0.316 e. The molecule has 0 radical (unpaired) electrons. The van der Waals surface area contributed by atoms with E-state index in [2.05, 4.69) is 36.1 Å². The molecule has 5 atom stereocenters. The summed E-state index contributed by atoms with van der Waals surface area (Å²) in [6.07, 6.45) is 7.86. The van der Waals surface area contributed by atoms with Crippen molar-refractivity contribution in [3.8, 4) is 0 Å². The van der Waals surface area contributed by atoms with Gasteiger partial charge in [-0.25, -0.2) is 0 Å². The summed E-state index contributed by atoms with van der Waals surface area (Å²) in [5.41, 5.74) is 2.97. The lowest BCUT2D eigenvalue weighted by atomic mass is 9.74. The van der Waals surface area contributed by atoms with Gasteiger partial charge in [-0.1, -0.05) is 68.8 Å². The quantitative estimate of drug-likeness (QED) is 0.444. The Labute approximate surface area is 220 Å². The molecule has 7 heteroatoms. The number of aliphatic carboxylic acids is 1. The van der Waals surface area contributed by atoms with Gasteiger partial charge in [-0.3, -0.25) is 9.00 Å². The van der Waals surface area contributed by atoms with Crippen LogP contribution < -0.4 is 4.90 Å². The standard InChI is InChI=1S/C28H34ClNO3S2/c1-18-17-35(33)27-14-21(25-12-13-26(34-25)28(31)32)23(29)15-24(27)30(20-10-6-3-7-11-20)16-22(18)19-8-4-2-5-9-19/h3,6-7,10-11,14-15,18-19,22,25-26H,2,4-5,8-9,12-13,16-17H2,1H3,(H,31,32)/t18?,22-,25?,26?,35?/m1/s1. The van der Waals surface area contributed by atoms with Gasteiger partial charge in [-0.05, 0) is 60.4 Å². The zero-order valence-corrected chi connectivity index (χ0v) is 22.6. The van der Waals surface area contributed by atoms with Crippen molar-refractivity contribution in [1.82, 2.24) is 0 Å². The Morgan fingerprint density at radius 2 is 1.83 bits per heavy atom. The van der Waals surface area contributed by atoms with Crippen LogP contribution in [0.2, 0.25) is 5.02 Å². The number of hydrogen-bond acceptors (Lipinski definition) is 4. The molecule has 0 amide bonds. The number of para-hydroxylation sites is 1. The number of halogens is 1. The first-order valence-corrected chi connectivity index (χ1v) is 15.5. The van der Waals surface area contributed by atoms with Gasteiger partial charge in [0, 0.05) is 28.3 Å². The smallest absolute Gasteiger partial charge is 0.316 e. The van der Waals surface area contributed by atoms with E-state index in [1.165, 1.54) is 43.9 Å². The fourth-order valence-corrected chi connectivity index (χ4v) is 9.53. The fourth-order valence-electron chi connectivity index (χ4n) is 6.22. The molecule has 1 N–H and O–H groups in total. The molecule has 0 bridgehead atoms. The van der Waals surface area contributed by atoms with Crippen molar-refractivity contribution in [3.05, 3.63) is 53.1 Å². The lowest BCUT2D eigenvalue weighted by Crippen LogP contribution is -2.38. The molecule has 35 heavy (non-hydrogen) atoms. The van der Waals surface area contributed by atoms with Crippen LogP contribution in [0, 0.1) is 17.8 Å². The van der Waals surface area contributed by atoms with Gasteiger partial charge in [0.2, 0.25) is 0 Å². The number of carboxylic acid groups (broad SMARTS) is 1. The van der Waals surface area contributed by atoms with Crippen LogP contribution in [0.3, 0.4) is 0 Å². The summed E-state index contributed by atoms with van der Waals surface area (Å²) in [5.74, 6) is 1.40. The number of carboxylic acids is 1. The highest BCUT2D eigenvalue weighted by Crippen LogP contribution is 2.50. The van der Waals surface area contributed by atoms with Crippen LogP contribution in [0.25, 0.3) is 0 Å². The Hall–Kier alpha value is -1.50. The molecule has 4 nitrogen and oxygen atoms in total. The Bertz CT molecular complexity index is 1090. The molecular formula is C28H34ClNO3S2. The molecule has 4 unspecified atom stereocenters. The van der Waals surface area contributed by atoms with Crippen LogP contribution in [-0.4, -0.2) is 32.8 Å². The van der Waals surface area contributed by atoms with Crippen molar-refractivity contribution >= 4 is 51.5 Å². The van der Waals surface area contributed by atoms with Gasteiger partial charge in [-0.15, -0.1) is 11.8 Å². The first kappa shape index (κ1) is 25.2. The van der Waals surface area contributed by atoms with Gasteiger partial charge in [0.25, 0.3) is 0 Å². The Morgan fingerprint density at radius 3 is 2.51 bits per heavy atom. The lowest BCUT2D eigenvalue weighted by Gasteiger charge is -2.41. The Kier molecular flexibility index (Phi) is 7.81. The van der Waals surface area contributed by atoms with E-state index in [1.54, 1.807) is 0 Å². The van der Waals surface area contributed by atoms with Gasteiger partial charge in [-0.2, -0.15) is 0 Å². The molecule has 1 aliphatic carbocycles. The Morgan fingerprint density at radius 1 is 1.09 bits per heavy atom. The maximum atomic E-state index is 13.9. The average molecular weight is 532 g/mol. The van der Waals surface area contributed by atoms with Crippen LogP contribution in [0.4, 0.5) is 11.4 Å². The van der Waals surface area contributed by atoms with Gasteiger partial charge in [0.15, 0.2) is 0 Å². The van der Waals surface area contributed by atoms with E-state index in [9.17, 15) is 14.1 Å². The monoisotopic (exact) mass is 531 g/mol. The first-order valence-electron chi connectivity index (χ1n) is 12.8. The first-order chi connectivity index (χ1) is 16.9. The van der Waals surface area contributed by atoms with Crippen molar-refractivity contribution in [1.29, 1.82) is 0 Å². The summed E-state index contributed by atoms with van der Waals surface area (Å²) in [5, 5.41) is 9.73. The lowest BCUT2D eigenvalue weighted by molar-refractivity contribution is -0.136. The zero-order valence-electron chi connectivity index (χ0n) is 20.2. The molecule has 0 spiro atoms. The van der Waals surface area contributed by atoms with Gasteiger partial charge < -0.3 is 10.0 Å². The second kappa shape index (κ2) is 10.9. The number of thioether (sulfide) groups is 1. The van der Waals surface area contributed by atoms with Crippen LogP contribution in [0.15, 0.2) is 47.4 Å². The predicted molar refractivity (Wildman–Crippen MR) is 146 cm³/mol. The highest BCUT2D eigenvalue weighted by molar-refractivity contribution is 8.01. The number of benzene rings is 2. The second-order valence-corrected chi connectivity index (χ2v) is 13.6. The third kappa shape index (κ3) is 5.30. The summed E-state index contributed by atoms with van der Waals surface area (Å²) < 4.78 is 13.9. The number of rotatable bonds is 4. The third-order valence-electron chi connectivity index (χ3n) is 8.12. The second-order valence-electron chi connectivity index (χ2n) is 10.4. The van der Waals surface area contributed by atoms with Gasteiger partial charge >= 0.3 is 5.97 Å². The molecule has 0 aromatic heterocycles. The van der Waals surface area contributed by atoms with E-state index in [0.717, 1.165) is 34.8 Å². The zero-order chi connectivity index (χ0) is 24.5. The molecule has 2 heterocycles. The van der Waals surface area contributed by atoms with Crippen molar-refractivity contribution in [2.24, 2.45) is 17.8 Å². The summed E-state index contributed by atoms with van der Waals surface area (Å²) >= 11 is 8.36. The molecule has 5 rings (SSSR count). The number of anilines is 2. The van der Waals surface area contributed by atoms with E-state index in [0.29, 0.717) is 35.0 Å². The molecule has 2 fully saturated rings.